The molecule has 152 valence electrons. The topological polar surface area (TPSA) is 84.1 Å². The minimum absolute atomic E-state index is 0.0000333. The van der Waals surface area contributed by atoms with Crippen molar-refractivity contribution >= 4 is 16.7 Å². The van der Waals surface area contributed by atoms with Crippen molar-refractivity contribution in [3.05, 3.63) is 72.5 Å². The number of aromatic nitrogens is 2. The van der Waals surface area contributed by atoms with E-state index < -0.39 is 0 Å². The summed E-state index contributed by atoms with van der Waals surface area (Å²) in [4.78, 5) is 9.30. The summed E-state index contributed by atoms with van der Waals surface area (Å²) in [5, 5.41) is 14.7. The van der Waals surface area contributed by atoms with Crippen molar-refractivity contribution in [1.29, 1.82) is 0 Å². The molecule has 0 radical (unpaired) electrons. The van der Waals surface area contributed by atoms with Gasteiger partial charge in [0.2, 0.25) is 0 Å². The van der Waals surface area contributed by atoms with E-state index in [4.69, 9.17) is 5.73 Å². The van der Waals surface area contributed by atoms with E-state index in [1.54, 1.807) is 30.3 Å². The first-order valence-corrected chi connectivity index (χ1v) is 9.91. The molecule has 0 bridgehead atoms. The number of nitrogens with one attached hydrogen (secondary N) is 1. The lowest BCUT2D eigenvalue weighted by molar-refractivity contribution is 0.477. The quantitative estimate of drug-likeness (QED) is 0.425. The fourth-order valence-electron chi connectivity index (χ4n) is 3.28. The fraction of sp³-hybridized carbons (Fsp3) is 0.167. The number of phenols is 1. The van der Waals surface area contributed by atoms with Crippen LogP contribution in [-0.2, 0) is 0 Å². The van der Waals surface area contributed by atoms with Crippen LogP contribution in [0.15, 0.2) is 66.7 Å². The number of aromatic hydroxyl groups is 1. The van der Waals surface area contributed by atoms with Crippen LogP contribution < -0.4 is 11.1 Å². The summed E-state index contributed by atoms with van der Waals surface area (Å²) in [7, 11) is 0. The van der Waals surface area contributed by atoms with E-state index >= 15 is 0 Å². The Morgan fingerprint density at radius 2 is 1.77 bits per heavy atom. The lowest BCUT2D eigenvalue weighted by atomic mass is 10.0. The van der Waals surface area contributed by atoms with E-state index in [9.17, 15) is 9.50 Å². The second-order valence-electron chi connectivity index (χ2n) is 7.17. The van der Waals surface area contributed by atoms with Gasteiger partial charge in [-0.2, -0.15) is 0 Å². The maximum atomic E-state index is 14.3. The molecule has 0 aliphatic carbocycles. The number of anilines is 1. The molecule has 0 spiro atoms. The van der Waals surface area contributed by atoms with Gasteiger partial charge >= 0.3 is 0 Å². The van der Waals surface area contributed by atoms with Gasteiger partial charge in [0.25, 0.3) is 0 Å². The summed E-state index contributed by atoms with van der Waals surface area (Å²) in [6.45, 7) is 2.60. The van der Waals surface area contributed by atoms with E-state index in [1.807, 2.05) is 31.2 Å². The third kappa shape index (κ3) is 3.95. The average molecular weight is 402 g/mol. The molecular weight excluding hydrogens is 379 g/mol. The highest BCUT2D eigenvalue weighted by Gasteiger charge is 2.15. The summed E-state index contributed by atoms with van der Waals surface area (Å²) < 4.78 is 14.3. The average Bonchev–Trinajstić information content (AvgIpc) is 2.78. The molecule has 0 fully saturated rings. The highest BCUT2D eigenvalue weighted by molar-refractivity contribution is 5.91. The molecule has 0 saturated heterocycles. The van der Waals surface area contributed by atoms with Crippen molar-refractivity contribution < 1.29 is 9.50 Å². The van der Waals surface area contributed by atoms with Crippen LogP contribution in [0.5, 0.6) is 5.75 Å². The Hall–Kier alpha value is -3.51. The van der Waals surface area contributed by atoms with Crippen LogP contribution in [0.1, 0.15) is 13.3 Å². The maximum absolute atomic E-state index is 14.3. The molecule has 1 atom stereocenters. The van der Waals surface area contributed by atoms with Crippen molar-refractivity contribution in [2.24, 2.45) is 5.73 Å². The smallest absolute Gasteiger partial charge is 0.165 e. The van der Waals surface area contributed by atoms with Crippen molar-refractivity contribution in [2.45, 2.75) is 19.4 Å². The monoisotopic (exact) mass is 402 g/mol. The molecule has 4 N–H and O–H groups in total. The van der Waals surface area contributed by atoms with Crippen molar-refractivity contribution in [3.63, 3.8) is 0 Å². The van der Waals surface area contributed by atoms with Crippen LogP contribution in [0, 0.1) is 5.82 Å². The minimum atomic E-state index is -0.329. The van der Waals surface area contributed by atoms with Gasteiger partial charge in [-0.3, -0.25) is 0 Å². The Morgan fingerprint density at radius 3 is 2.57 bits per heavy atom. The molecule has 0 unspecified atom stereocenters. The van der Waals surface area contributed by atoms with Gasteiger partial charge in [0.15, 0.2) is 5.82 Å². The van der Waals surface area contributed by atoms with Gasteiger partial charge in [-0.15, -0.1) is 0 Å². The highest BCUT2D eigenvalue weighted by Crippen LogP contribution is 2.34. The van der Waals surface area contributed by atoms with E-state index in [0.717, 1.165) is 17.3 Å². The van der Waals surface area contributed by atoms with Crippen molar-refractivity contribution in [1.82, 2.24) is 9.97 Å². The van der Waals surface area contributed by atoms with Gasteiger partial charge in [0, 0.05) is 23.5 Å². The first kappa shape index (κ1) is 19.8. The largest absolute Gasteiger partial charge is 0.507 e. The molecule has 0 aliphatic heterocycles. The Balaban J connectivity index is 1.83. The molecule has 30 heavy (non-hydrogen) atoms. The molecule has 0 amide bonds. The molecule has 5 nitrogen and oxygen atoms in total. The number of hydrogen-bond donors (Lipinski definition) is 3. The minimum Gasteiger partial charge on any atom is -0.507 e. The van der Waals surface area contributed by atoms with Gasteiger partial charge in [-0.05, 0) is 42.3 Å². The van der Waals surface area contributed by atoms with Crippen LogP contribution in [0.4, 0.5) is 10.2 Å². The zero-order valence-electron chi connectivity index (χ0n) is 16.6. The van der Waals surface area contributed by atoms with Crippen molar-refractivity contribution in [3.8, 4) is 28.3 Å². The van der Waals surface area contributed by atoms with Crippen LogP contribution >= 0.6 is 0 Å². The summed E-state index contributed by atoms with van der Waals surface area (Å²) in [5.41, 5.74) is 8.32. The number of para-hydroxylation sites is 1. The SMILES string of the molecule is CC[C@@H](N)CNc1nc(-c2cc(-c3ccccc3F)ccc2O)nc2ccccc12. The second kappa shape index (κ2) is 8.47. The van der Waals surface area contributed by atoms with Gasteiger partial charge < -0.3 is 16.2 Å². The lowest BCUT2D eigenvalue weighted by Gasteiger charge is -2.15. The number of benzene rings is 3. The molecule has 0 aliphatic rings. The molecular formula is C24H23FN4O. The predicted molar refractivity (Wildman–Crippen MR) is 119 cm³/mol. The number of nitrogens with zero attached hydrogens (tertiary/aromatic N) is 2. The van der Waals surface area contributed by atoms with Gasteiger partial charge in [-0.1, -0.05) is 43.3 Å². The Labute approximate surface area is 174 Å². The Kier molecular flexibility index (Phi) is 5.59. The van der Waals surface area contributed by atoms with Gasteiger partial charge in [-0.25, -0.2) is 14.4 Å². The zero-order valence-corrected chi connectivity index (χ0v) is 16.6. The van der Waals surface area contributed by atoms with Crippen LogP contribution in [0.3, 0.4) is 0 Å². The number of hydrogen-bond acceptors (Lipinski definition) is 5. The summed E-state index contributed by atoms with van der Waals surface area (Å²) in [6, 6.07) is 19.1. The first-order valence-electron chi connectivity index (χ1n) is 9.91. The molecule has 4 aromatic rings. The third-order valence-corrected chi connectivity index (χ3v) is 5.08. The van der Waals surface area contributed by atoms with E-state index in [1.165, 1.54) is 12.1 Å². The third-order valence-electron chi connectivity index (χ3n) is 5.08. The highest BCUT2D eigenvalue weighted by atomic mass is 19.1. The van der Waals surface area contributed by atoms with Gasteiger partial charge in [0.1, 0.15) is 17.4 Å². The predicted octanol–water partition coefficient (Wildman–Crippen LogP) is 4.96. The van der Waals surface area contributed by atoms with Crippen molar-refractivity contribution in [2.75, 3.05) is 11.9 Å². The first-order chi connectivity index (χ1) is 14.6. The number of nitrogens with two attached hydrogens (primary N) is 1. The Bertz CT molecular complexity index is 1190. The summed E-state index contributed by atoms with van der Waals surface area (Å²) >= 11 is 0. The molecule has 1 heterocycles. The molecule has 6 heteroatoms. The number of halogens is 1. The standard InChI is InChI=1S/C24H23FN4O/c1-2-16(26)14-27-23-18-8-4-6-10-21(18)28-24(29-23)19-13-15(11-12-22(19)30)17-7-3-5-9-20(17)25/h3-13,16,30H,2,14,26H2,1H3,(H,27,28,29)/t16-/m1/s1. The number of fused-ring (bicyclic) bond motifs is 1. The molecule has 3 aromatic carbocycles. The Morgan fingerprint density at radius 1 is 1.00 bits per heavy atom. The zero-order chi connectivity index (χ0) is 21.1. The fourth-order valence-corrected chi connectivity index (χ4v) is 3.28. The number of phenolic OH excluding ortho intramolecular Hbond substituents is 1. The lowest BCUT2D eigenvalue weighted by Crippen LogP contribution is -2.28. The number of rotatable bonds is 6. The van der Waals surface area contributed by atoms with E-state index in [2.05, 4.69) is 15.3 Å². The molecule has 4 rings (SSSR count). The maximum Gasteiger partial charge on any atom is 0.165 e. The normalized spacial score (nSPS) is 12.1. The van der Waals surface area contributed by atoms with Crippen LogP contribution in [0.2, 0.25) is 0 Å². The summed E-state index contributed by atoms with van der Waals surface area (Å²) in [5.74, 6) is 0.707. The summed E-state index contributed by atoms with van der Waals surface area (Å²) in [6.07, 6.45) is 0.842. The second-order valence-corrected chi connectivity index (χ2v) is 7.17. The van der Waals surface area contributed by atoms with E-state index in [-0.39, 0.29) is 17.6 Å². The van der Waals surface area contributed by atoms with E-state index in [0.29, 0.717) is 34.9 Å². The van der Waals surface area contributed by atoms with Crippen LogP contribution in [0.25, 0.3) is 33.4 Å². The van der Waals surface area contributed by atoms with Crippen LogP contribution in [-0.4, -0.2) is 27.7 Å². The molecule has 0 saturated carbocycles. The molecule has 1 aromatic heterocycles. The van der Waals surface area contributed by atoms with Gasteiger partial charge in [0.05, 0.1) is 11.1 Å².